The maximum atomic E-state index is 13.1. The lowest BCUT2D eigenvalue weighted by Gasteiger charge is -2.22. The van der Waals surface area contributed by atoms with Crippen LogP contribution in [0.4, 0.5) is 10.1 Å². The molecule has 0 spiro atoms. The SMILES string of the molecule is CCOc1cccc(CNC(=O)CCCN(c2ccc(F)cc2)S(C)(=O)=O)c1. The van der Waals surface area contributed by atoms with Crippen LogP contribution >= 0.6 is 0 Å². The lowest BCUT2D eigenvalue weighted by Crippen LogP contribution is -2.32. The van der Waals surface area contributed by atoms with Gasteiger partial charge in [-0.25, -0.2) is 12.8 Å². The smallest absolute Gasteiger partial charge is 0.232 e. The monoisotopic (exact) mass is 408 g/mol. The summed E-state index contributed by atoms with van der Waals surface area (Å²) in [5.74, 6) is 0.136. The van der Waals surface area contributed by atoms with Gasteiger partial charge >= 0.3 is 0 Å². The number of ether oxygens (including phenoxy) is 1. The van der Waals surface area contributed by atoms with Crippen LogP contribution in [0.3, 0.4) is 0 Å². The van der Waals surface area contributed by atoms with E-state index in [2.05, 4.69) is 5.32 Å². The van der Waals surface area contributed by atoms with E-state index in [1.807, 2.05) is 31.2 Å². The van der Waals surface area contributed by atoms with E-state index in [0.29, 0.717) is 25.3 Å². The number of benzene rings is 2. The van der Waals surface area contributed by atoms with Gasteiger partial charge in [-0.1, -0.05) is 12.1 Å². The van der Waals surface area contributed by atoms with Gasteiger partial charge in [-0.15, -0.1) is 0 Å². The molecule has 0 saturated heterocycles. The number of hydrogen-bond acceptors (Lipinski definition) is 4. The lowest BCUT2D eigenvalue weighted by molar-refractivity contribution is -0.121. The van der Waals surface area contributed by atoms with Crippen molar-refractivity contribution in [3.05, 3.63) is 59.9 Å². The fourth-order valence-electron chi connectivity index (χ4n) is 2.68. The van der Waals surface area contributed by atoms with E-state index < -0.39 is 15.8 Å². The summed E-state index contributed by atoms with van der Waals surface area (Å²) in [5.41, 5.74) is 1.29. The van der Waals surface area contributed by atoms with E-state index in [0.717, 1.165) is 17.6 Å². The lowest BCUT2D eigenvalue weighted by atomic mass is 10.2. The molecule has 0 aliphatic heterocycles. The highest BCUT2D eigenvalue weighted by atomic mass is 32.2. The molecule has 0 saturated carbocycles. The van der Waals surface area contributed by atoms with Crippen molar-refractivity contribution in [1.29, 1.82) is 0 Å². The molecule has 2 rings (SSSR count). The van der Waals surface area contributed by atoms with Crippen LogP contribution in [0.15, 0.2) is 48.5 Å². The first kappa shape index (κ1) is 21.7. The van der Waals surface area contributed by atoms with Crippen LogP contribution in [0, 0.1) is 5.82 Å². The number of carbonyl (C=O) groups excluding carboxylic acids is 1. The van der Waals surface area contributed by atoms with Gasteiger partial charge in [0.25, 0.3) is 0 Å². The molecule has 6 nitrogen and oxygen atoms in total. The summed E-state index contributed by atoms with van der Waals surface area (Å²) >= 11 is 0. The number of sulfonamides is 1. The van der Waals surface area contributed by atoms with Gasteiger partial charge < -0.3 is 10.1 Å². The van der Waals surface area contributed by atoms with Crippen LogP contribution in [-0.2, 0) is 21.4 Å². The first-order chi connectivity index (χ1) is 13.3. The Bertz CT molecular complexity index is 885. The summed E-state index contributed by atoms with van der Waals surface area (Å²) in [6, 6.07) is 12.7. The molecule has 1 amide bonds. The predicted molar refractivity (Wildman–Crippen MR) is 107 cm³/mol. The zero-order valence-electron chi connectivity index (χ0n) is 16.0. The molecule has 0 aliphatic rings. The highest BCUT2D eigenvalue weighted by Gasteiger charge is 2.17. The summed E-state index contributed by atoms with van der Waals surface area (Å²) in [6.45, 7) is 2.98. The van der Waals surface area contributed by atoms with Crippen LogP contribution < -0.4 is 14.4 Å². The number of amides is 1. The van der Waals surface area contributed by atoms with Crippen molar-refractivity contribution in [2.24, 2.45) is 0 Å². The first-order valence-corrected chi connectivity index (χ1v) is 10.9. The van der Waals surface area contributed by atoms with E-state index in [-0.39, 0.29) is 18.9 Å². The van der Waals surface area contributed by atoms with Gasteiger partial charge in [-0.3, -0.25) is 9.10 Å². The molecule has 0 aromatic heterocycles. The van der Waals surface area contributed by atoms with Gasteiger partial charge in [0.2, 0.25) is 15.9 Å². The maximum Gasteiger partial charge on any atom is 0.232 e. The minimum atomic E-state index is -3.53. The van der Waals surface area contributed by atoms with Crippen LogP contribution in [0.1, 0.15) is 25.3 Å². The van der Waals surface area contributed by atoms with Crippen LogP contribution in [0.2, 0.25) is 0 Å². The van der Waals surface area contributed by atoms with E-state index in [9.17, 15) is 17.6 Å². The minimum Gasteiger partial charge on any atom is -0.494 e. The molecule has 0 heterocycles. The Morgan fingerprint density at radius 2 is 1.89 bits per heavy atom. The third kappa shape index (κ3) is 6.84. The van der Waals surface area contributed by atoms with E-state index in [1.165, 1.54) is 28.6 Å². The van der Waals surface area contributed by atoms with Crippen molar-refractivity contribution in [2.75, 3.05) is 23.7 Å². The number of anilines is 1. The quantitative estimate of drug-likeness (QED) is 0.656. The molecule has 0 unspecified atom stereocenters. The molecule has 0 bridgehead atoms. The number of nitrogens with one attached hydrogen (secondary N) is 1. The van der Waals surface area contributed by atoms with Gasteiger partial charge in [0, 0.05) is 19.5 Å². The average Bonchev–Trinajstić information content (AvgIpc) is 2.64. The standard InChI is InChI=1S/C20H25FN2O4S/c1-3-27-19-7-4-6-16(14-19)15-22-20(24)8-5-13-23(28(2,25)26)18-11-9-17(21)10-12-18/h4,6-7,9-12,14H,3,5,8,13,15H2,1-2H3,(H,22,24). The summed E-state index contributed by atoms with van der Waals surface area (Å²) in [6.07, 6.45) is 1.61. The molecule has 8 heteroatoms. The van der Waals surface area contributed by atoms with Crippen molar-refractivity contribution < 1.29 is 22.3 Å². The van der Waals surface area contributed by atoms with Gasteiger partial charge in [0.1, 0.15) is 11.6 Å². The number of hydrogen-bond donors (Lipinski definition) is 1. The molecular weight excluding hydrogens is 383 g/mol. The van der Waals surface area contributed by atoms with Gasteiger partial charge in [-0.05, 0) is 55.3 Å². The fraction of sp³-hybridized carbons (Fsp3) is 0.350. The molecule has 0 radical (unpaired) electrons. The Kier molecular flexibility index (Phi) is 7.80. The first-order valence-electron chi connectivity index (χ1n) is 9.01. The highest BCUT2D eigenvalue weighted by molar-refractivity contribution is 7.92. The largest absolute Gasteiger partial charge is 0.494 e. The Labute approximate surface area is 165 Å². The van der Waals surface area contributed by atoms with Crippen molar-refractivity contribution >= 4 is 21.6 Å². The topological polar surface area (TPSA) is 75.7 Å². The molecule has 1 N–H and O–H groups in total. The molecule has 0 aliphatic carbocycles. The summed E-state index contributed by atoms with van der Waals surface area (Å²) in [4.78, 5) is 12.1. The van der Waals surface area contributed by atoms with E-state index in [4.69, 9.17) is 4.74 Å². The van der Waals surface area contributed by atoms with Gasteiger partial charge in [-0.2, -0.15) is 0 Å². The number of rotatable bonds is 10. The second kappa shape index (κ2) is 10.1. The van der Waals surface area contributed by atoms with Gasteiger partial charge in [0.05, 0.1) is 18.6 Å². The minimum absolute atomic E-state index is 0.137. The number of halogens is 1. The average molecular weight is 408 g/mol. The third-order valence-corrected chi connectivity index (χ3v) is 5.17. The maximum absolute atomic E-state index is 13.1. The molecular formula is C20H25FN2O4S. The Hall–Kier alpha value is -2.61. The molecule has 0 fully saturated rings. The second-order valence-corrected chi connectivity index (χ2v) is 8.18. The summed E-state index contributed by atoms with van der Waals surface area (Å²) in [7, 11) is -3.53. The zero-order chi connectivity index (χ0) is 20.6. The van der Waals surface area contributed by atoms with Crippen molar-refractivity contribution in [3.8, 4) is 5.75 Å². The van der Waals surface area contributed by atoms with Crippen molar-refractivity contribution in [3.63, 3.8) is 0 Å². The molecule has 0 atom stereocenters. The molecule has 28 heavy (non-hydrogen) atoms. The van der Waals surface area contributed by atoms with Crippen LogP contribution in [-0.4, -0.2) is 33.7 Å². The van der Waals surface area contributed by atoms with E-state index in [1.54, 1.807) is 0 Å². The van der Waals surface area contributed by atoms with Crippen LogP contribution in [0.5, 0.6) is 5.75 Å². The predicted octanol–water partition coefficient (Wildman–Crippen LogP) is 3.09. The van der Waals surface area contributed by atoms with Crippen molar-refractivity contribution in [2.45, 2.75) is 26.3 Å². The summed E-state index contributed by atoms with van der Waals surface area (Å²) in [5, 5.41) is 2.82. The Balaban J connectivity index is 1.85. The summed E-state index contributed by atoms with van der Waals surface area (Å²) < 4.78 is 43.7. The van der Waals surface area contributed by atoms with E-state index >= 15 is 0 Å². The Morgan fingerprint density at radius 1 is 1.18 bits per heavy atom. The fourth-order valence-corrected chi connectivity index (χ4v) is 3.64. The second-order valence-electron chi connectivity index (χ2n) is 6.27. The molecule has 2 aromatic carbocycles. The van der Waals surface area contributed by atoms with Gasteiger partial charge in [0.15, 0.2) is 0 Å². The highest BCUT2D eigenvalue weighted by Crippen LogP contribution is 2.19. The number of nitrogens with zero attached hydrogens (tertiary/aromatic N) is 1. The molecule has 2 aromatic rings. The molecule has 152 valence electrons. The van der Waals surface area contributed by atoms with Crippen molar-refractivity contribution in [1.82, 2.24) is 5.32 Å². The Morgan fingerprint density at radius 3 is 2.54 bits per heavy atom. The van der Waals surface area contributed by atoms with Crippen LogP contribution in [0.25, 0.3) is 0 Å². The third-order valence-electron chi connectivity index (χ3n) is 3.98. The normalized spacial score (nSPS) is 11.1. The zero-order valence-corrected chi connectivity index (χ0v) is 16.8. The number of carbonyl (C=O) groups is 1.